The van der Waals surface area contributed by atoms with E-state index in [1.165, 1.54) is 0 Å². The fraction of sp³-hybridized carbons (Fsp3) is 0.158. The zero-order valence-electron chi connectivity index (χ0n) is 25.1. The van der Waals surface area contributed by atoms with Crippen LogP contribution in [0.1, 0.15) is 34.3 Å². The summed E-state index contributed by atoms with van der Waals surface area (Å²) in [7, 11) is 0. The van der Waals surface area contributed by atoms with E-state index in [1.807, 2.05) is 72.8 Å². The number of para-hydroxylation sites is 4. The van der Waals surface area contributed by atoms with E-state index in [1.54, 1.807) is 60.7 Å². The molecule has 46 heavy (non-hydrogen) atoms. The number of phenolic OH excluding ortho intramolecular Hbond substituents is 2. The van der Waals surface area contributed by atoms with Gasteiger partial charge in [0.1, 0.15) is 11.5 Å². The molecule has 232 valence electrons. The Balaban J connectivity index is 1.53. The molecule has 0 fully saturated rings. The van der Waals surface area contributed by atoms with Crippen LogP contribution in [0.4, 0.5) is 11.4 Å². The second kappa shape index (κ2) is 14.1. The number of rotatable bonds is 6. The van der Waals surface area contributed by atoms with Crippen LogP contribution in [-0.2, 0) is 22.4 Å². The molecule has 6 rings (SSSR count). The first-order valence-electron chi connectivity index (χ1n) is 15.3. The molecule has 0 saturated heterocycles. The minimum Gasteiger partial charge on any atom is -0.508 e. The third-order valence-corrected chi connectivity index (χ3v) is 8.28. The largest absolute Gasteiger partial charge is 0.508 e. The van der Waals surface area contributed by atoms with Gasteiger partial charge in [0.2, 0.25) is 11.8 Å². The van der Waals surface area contributed by atoms with E-state index in [2.05, 4.69) is 21.3 Å². The molecule has 2 amide bonds. The number of phenols is 2. The lowest BCUT2D eigenvalue weighted by atomic mass is 9.89. The number of amides is 2. The number of carbonyl (C=O) groups excluding carboxylic acids is 2. The van der Waals surface area contributed by atoms with Crippen molar-refractivity contribution in [3.63, 3.8) is 0 Å². The molecule has 0 aromatic heterocycles. The maximum absolute atomic E-state index is 14.1. The van der Waals surface area contributed by atoms with E-state index in [-0.39, 0.29) is 23.3 Å². The fourth-order valence-corrected chi connectivity index (χ4v) is 5.96. The second-order valence-corrected chi connectivity index (χ2v) is 11.4. The van der Waals surface area contributed by atoms with Crippen LogP contribution in [-0.4, -0.2) is 34.1 Å². The first-order chi connectivity index (χ1) is 22.5. The number of aromatic hydroxyl groups is 2. The summed E-state index contributed by atoms with van der Waals surface area (Å²) in [5.41, 5.74) is 3.82. The number of benzene rings is 5. The average molecular weight is 613 g/mol. The van der Waals surface area contributed by atoms with Gasteiger partial charge in [-0.05, 0) is 48.2 Å². The highest BCUT2D eigenvalue weighted by Crippen LogP contribution is 2.38. The highest BCUT2D eigenvalue weighted by atomic mass is 16.3. The van der Waals surface area contributed by atoms with Crippen LogP contribution < -0.4 is 21.3 Å². The smallest absolute Gasteiger partial charge is 0.241 e. The SMILES string of the molecule is O=C1Nc2ccccc2NC(=O)[C@@H](Cc2ccccc2)N[C@@H](c2ccccc2O)[C@@H](c2ccccc2O)N[C@@H]1Cc1ccccc1. The van der Waals surface area contributed by atoms with Gasteiger partial charge in [0.25, 0.3) is 0 Å². The maximum Gasteiger partial charge on any atom is 0.241 e. The molecule has 1 heterocycles. The van der Waals surface area contributed by atoms with Crippen molar-refractivity contribution in [1.29, 1.82) is 0 Å². The van der Waals surface area contributed by atoms with Crippen molar-refractivity contribution in [2.75, 3.05) is 10.6 Å². The molecule has 0 bridgehead atoms. The number of hydrogen-bond acceptors (Lipinski definition) is 6. The Morgan fingerprint density at radius 2 is 0.804 bits per heavy atom. The fourth-order valence-electron chi connectivity index (χ4n) is 5.96. The first-order valence-corrected chi connectivity index (χ1v) is 15.3. The molecule has 6 N–H and O–H groups in total. The van der Waals surface area contributed by atoms with Crippen molar-refractivity contribution >= 4 is 23.2 Å². The van der Waals surface area contributed by atoms with Crippen LogP contribution >= 0.6 is 0 Å². The summed E-state index contributed by atoms with van der Waals surface area (Å²) in [6.07, 6.45) is 0.679. The predicted molar refractivity (Wildman–Crippen MR) is 180 cm³/mol. The van der Waals surface area contributed by atoms with Gasteiger partial charge in [-0.3, -0.25) is 20.2 Å². The lowest BCUT2D eigenvalue weighted by molar-refractivity contribution is -0.119. The standard InChI is InChI=1S/C38H36N4O4/c43-33-21-11-7-17-27(33)35-36(28-18-8-12-22-34(28)44)40-32(24-26-15-5-2-6-16-26)38(46)42-30-20-10-9-19-29(30)41-37(45)31(39-35)23-25-13-3-1-4-14-25/h1-22,31-32,35-36,39-40,43-44H,23-24H2,(H,41,45)(H,42,46)/t31-,32-,35-,36+/m1/s1. The quantitative estimate of drug-likeness (QED) is 0.143. The van der Waals surface area contributed by atoms with Crippen molar-refractivity contribution in [1.82, 2.24) is 10.6 Å². The molecule has 0 saturated carbocycles. The van der Waals surface area contributed by atoms with E-state index >= 15 is 0 Å². The molecule has 4 atom stereocenters. The van der Waals surface area contributed by atoms with Crippen molar-refractivity contribution in [2.24, 2.45) is 0 Å². The third kappa shape index (κ3) is 7.10. The molecular weight excluding hydrogens is 576 g/mol. The Morgan fingerprint density at radius 3 is 1.20 bits per heavy atom. The molecule has 0 unspecified atom stereocenters. The first kappa shape index (κ1) is 30.6. The highest BCUT2D eigenvalue weighted by Gasteiger charge is 2.36. The monoisotopic (exact) mass is 612 g/mol. The van der Waals surface area contributed by atoms with Crippen molar-refractivity contribution < 1.29 is 19.8 Å². The van der Waals surface area contributed by atoms with Gasteiger partial charge < -0.3 is 20.8 Å². The lowest BCUT2D eigenvalue weighted by Crippen LogP contribution is -2.51. The van der Waals surface area contributed by atoms with Crippen LogP contribution in [0.5, 0.6) is 11.5 Å². The third-order valence-electron chi connectivity index (χ3n) is 8.28. The van der Waals surface area contributed by atoms with Crippen LogP contribution in [0.3, 0.4) is 0 Å². The summed E-state index contributed by atoms with van der Waals surface area (Å²) in [6.45, 7) is 0. The van der Waals surface area contributed by atoms with E-state index in [0.717, 1.165) is 11.1 Å². The number of hydrogen-bond donors (Lipinski definition) is 6. The Kier molecular flexibility index (Phi) is 9.38. The van der Waals surface area contributed by atoms with E-state index < -0.39 is 24.2 Å². The average Bonchev–Trinajstić information content (AvgIpc) is 3.07. The molecule has 8 heteroatoms. The van der Waals surface area contributed by atoms with Crippen LogP contribution in [0, 0.1) is 0 Å². The van der Waals surface area contributed by atoms with Gasteiger partial charge in [0.15, 0.2) is 0 Å². The molecule has 1 aliphatic heterocycles. The molecular formula is C38H36N4O4. The molecule has 8 nitrogen and oxygen atoms in total. The van der Waals surface area contributed by atoms with E-state index in [9.17, 15) is 19.8 Å². The zero-order chi connectivity index (χ0) is 31.9. The maximum atomic E-state index is 14.1. The van der Waals surface area contributed by atoms with Gasteiger partial charge in [0, 0.05) is 11.1 Å². The Labute approximate surface area is 268 Å². The summed E-state index contributed by atoms with van der Waals surface area (Å²) >= 11 is 0. The second-order valence-electron chi connectivity index (χ2n) is 11.4. The minimum absolute atomic E-state index is 0.0163. The molecule has 1 aliphatic rings. The van der Waals surface area contributed by atoms with Gasteiger partial charge in [-0.1, -0.05) is 109 Å². The Bertz CT molecular complexity index is 1670. The van der Waals surface area contributed by atoms with Crippen LogP contribution in [0.25, 0.3) is 0 Å². The predicted octanol–water partition coefficient (Wildman–Crippen LogP) is 5.87. The van der Waals surface area contributed by atoms with Crippen LogP contribution in [0.2, 0.25) is 0 Å². The van der Waals surface area contributed by atoms with Gasteiger partial charge in [-0.15, -0.1) is 0 Å². The summed E-state index contributed by atoms with van der Waals surface area (Å²) in [5.74, 6) is -0.600. The minimum atomic E-state index is -0.780. The van der Waals surface area contributed by atoms with Gasteiger partial charge >= 0.3 is 0 Å². The topological polar surface area (TPSA) is 123 Å². The molecule has 5 aromatic rings. The van der Waals surface area contributed by atoms with Gasteiger partial charge in [0.05, 0.1) is 35.5 Å². The van der Waals surface area contributed by atoms with Crippen LogP contribution in [0.15, 0.2) is 133 Å². The van der Waals surface area contributed by atoms with E-state index in [4.69, 9.17) is 0 Å². The zero-order valence-corrected chi connectivity index (χ0v) is 25.1. The number of nitrogens with one attached hydrogen (secondary N) is 4. The van der Waals surface area contributed by atoms with Crippen molar-refractivity contribution in [3.05, 3.63) is 156 Å². The Morgan fingerprint density at radius 1 is 0.457 bits per heavy atom. The molecule has 0 spiro atoms. The number of carbonyl (C=O) groups is 2. The summed E-state index contributed by atoms with van der Waals surface area (Å²) in [6, 6.07) is 37.2. The summed E-state index contributed by atoms with van der Waals surface area (Å²) in [4.78, 5) is 28.3. The number of fused-ring (bicyclic) bond motifs is 1. The lowest BCUT2D eigenvalue weighted by Gasteiger charge is -2.36. The summed E-state index contributed by atoms with van der Waals surface area (Å²) < 4.78 is 0. The normalized spacial score (nSPS) is 20.3. The molecule has 0 aliphatic carbocycles. The van der Waals surface area contributed by atoms with Crippen molar-refractivity contribution in [3.8, 4) is 11.5 Å². The number of anilines is 2. The Hall–Kier alpha value is -5.44. The highest BCUT2D eigenvalue weighted by molar-refractivity contribution is 6.02. The molecule has 0 radical (unpaired) electrons. The van der Waals surface area contributed by atoms with Crippen molar-refractivity contribution in [2.45, 2.75) is 37.0 Å². The van der Waals surface area contributed by atoms with Gasteiger partial charge in [-0.25, -0.2) is 0 Å². The van der Waals surface area contributed by atoms with E-state index in [0.29, 0.717) is 35.3 Å². The molecule has 5 aromatic carbocycles. The summed E-state index contributed by atoms with van der Waals surface area (Å²) in [5, 5.41) is 35.6. The van der Waals surface area contributed by atoms with Gasteiger partial charge in [-0.2, -0.15) is 0 Å².